The third-order valence-electron chi connectivity index (χ3n) is 2.33. The van der Waals surface area contributed by atoms with Crippen molar-refractivity contribution in [1.82, 2.24) is 5.32 Å². The zero-order chi connectivity index (χ0) is 13.4. The van der Waals surface area contributed by atoms with Crippen molar-refractivity contribution in [1.29, 1.82) is 0 Å². The molecular formula is C13H18BrNO3. The van der Waals surface area contributed by atoms with E-state index in [1.54, 1.807) is 7.11 Å². The Morgan fingerprint density at radius 1 is 1.44 bits per heavy atom. The lowest BCUT2D eigenvalue weighted by molar-refractivity contribution is -0.118. The molecule has 4 nitrogen and oxygen atoms in total. The SMILES string of the molecule is CCCOc1cc(OC)ccc1CNC(=O)CBr. The van der Waals surface area contributed by atoms with Crippen LogP contribution in [0.25, 0.3) is 0 Å². The van der Waals surface area contributed by atoms with E-state index in [9.17, 15) is 4.79 Å². The van der Waals surface area contributed by atoms with Crippen LogP contribution in [0.3, 0.4) is 0 Å². The molecular weight excluding hydrogens is 298 g/mol. The predicted molar refractivity (Wildman–Crippen MR) is 74.4 cm³/mol. The average Bonchev–Trinajstić information content (AvgIpc) is 2.42. The van der Waals surface area contributed by atoms with E-state index < -0.39 is 0 Å². The van der Waals surface area contributed by atoms with Crippen LogP contribution < -0.4 is 14.8 Å². The maximum Gasteiger partial charge on any atom is 0.230 e. The topological polar surface area (TPSA) is 47.6 Å². The second-order valence-corrected chi connectivity index (χ2v) is 4.29. The zero-order valence-corrected chi connectivity index (χ0v) is 12.2. The lowest BCUT2D eigenvalue weighted by atomic mass is 10.2. The van der Waals surface area contributed by atoms with Crippen molar-refractivity contribution >= 4 is 21.8 Å². The second-order valence-electron chi connectivity index (χ2n) is 3.73. The van der Waals surface area contributed by atoms with Crippen LogP contribution >= 0.6 is 15.9 Å². The highest BCUT2D eigenvalue weighted by Gasteiger charge is 2.07. The van der Waals surface area contributed by atoms with E-state index in [2.05, 4.69) is 21.2 Å². The minimum atomic E-state index is -0.0488. The Labute approximate surface area is 116 Å². The number of alkyl halides is 1. The summed E-state index contributed by atoms with van der Waals surface area (Å²) in [5.74, 6) is 1.45. The Hall–Kier alpha value is -1.23. The molecule has 0 spiro atoms. The molecule has 18 heavy (non-hydrogen) atoms. The summed E-state index contributed by atoms with van der Waals surface area (Å²) in [4.78, 5) is 11.2. The van der Waals surface area contributed by atoms with Crippen molar-refractivity contribution in [2.45, 2.75) is 19.9 Å². The highest BCUT2D eigenvalue weighted by Crippen LogP contribution is 2.25. The summed E-state index contributed by atoms with van der Waals surface area (Å²) >= 11 is 3.11. The van der Waals surface area contributed by atoms with Crippen molar-refractivity contribution in [3.8, 4) is 11.5 Å². The number of hydrogen-bond acceptors (Lipinski definition) is 3. The molecule has 0 atom stereocenters. The number of ether oxygens (including phenoxy) is 2. The molecule has 0 unspecified atom stereocenters. The molecule has 1 N–H and O–H groups in total. The summed E-state index contributed by atoms with van der Waals surface area (Å²) in [5.41, 5.74) is 0.943. The van der Waals surface area contributed by atoms with Gasteiger partial charge in [-0.05, 0) is 18.6 Å². The first kappa shape index (κ1) is 14.8. The monoisotopic (exact) mass is 315 g/mol. The third-order valence-corrected chi connectivity index (χ3v) is 2.84. The molecule has 0 saturated heterocycles. The smallest absolute Gasteiger partial charge is 0.230 e. The van der Waals surface area contributed by atoms with Crippen molar-refractivity contribution in [2.24, 2.45) is 0 Å². The summed E-state index contributed by atoms with van der Waals surface area (Å²) in [6.07, 6.45) is 0.935. The molecule has 1 amide bonds. The molecule has 0 radical (unpaired) electrons. The van der Waals surface area contributed by atoms with E-state index in [4.69, 9.17) is 9.47 Å². The van der Waals surface area contributed by atoms with Gasteiger partial charge in [-0.15, -0.1) is 0 Å². The van der Waals surface area contributed by atoms with E-state index >= 15 is 0 Å². The first-order valence-electron chi connectivity index (χ1n) is 5.83. The van der Waals surface area contributed by atoms with Gasteiger partial charge in [-0.1, -0.05) is 22.9 Å². The first-order valence-corrected chi connectivity index (χ1v) is 6.95. The summed E-state index contributed by atoms with van der Waals surface area (Å²) in [5, 5.41) is 3.10. The van der Waals surface area contributed by atoms with Gasteiger partial charge < -0.3 is 14.8 Å². The Kier molecular flexibility index (Phi) is 6.57. The van der Waals surface area contributed by atoms with Crippen LogP contribution in [-0.4, -0.2) is 25.0 Å². The summed E-state index contributed by atoms with van der Waals surface area (Å²) in [6.45, 7) is 3.15. The summed E-state index contributed by atoms with van der Waals surface area (Å²) < 4.78 is 10.8. The van der Waals surface area contributed by atoms with Gasteiger partial charge in [-0.3, -0.25) is 4.79 Å². The van der Waals surface area contributed by atoms with Gasteiger partial charge in [0.1, 0.15) is 11.5 Å². The number of nitrogens with one attached hydrogen (secondary N) is 1. The van der Waals surface area contributed by atoms with Crippen molar-refractivity contribution < 1.29 is 14.3 Å². The maximum absolute atomic E-state index is 11.2. The fraction of sp³-hybridized carbons (Fsp3) is 0.462. The second kappa shape index (κ2) is 7.97. The van der Waals surface area contributed by atoms with Crippen LogP contribution in [-0.2, 0) is 11.3 Å². The lowest BCUT2D eigenvalue weighted by Crippen LogP contribution is -2.23. The van der Waals surface area contributed by atoms with Crippen LogP contribution in [0.15, 0.2) is 18.2 Å². The van der Waals surface area contributed by atoms with Gasteiger partial charge in [-0.25, -0.2) is 0 Å². The Balaban J connectivity index is 2.77. The summed E-state index contributed by atoms with van der Waals surface area (Å²) in [6, 6.07) is 5.60. The summed E-state index contributed by atoms with van der Waals surface area (Å²) in [7, 11) is 1.62. The lowest BCUT2D eigenvalue weighted by Gasteiger charge is -2.13. The number of carbonyl (C=O) groups excluding carboxylic acids is 1. The highest BCUT2D eigenvalue weighted by atomic mass is 79.9. The van der Waals surface area contributed by atoms with Gasteiger partial charge in [0.25, 0.3) is 0 Å². The van der Waals surface area contributed by atoms with Gasteiger partial charge in [0, 0.05) is 18.2 Å². The van der Waals surface area contributed by atoms with E-state index in [0.717, 1.165) is 23.5 Å². The highest BCUT2D eigenvalue weighted by molar-refractivity contribution is 9.09. The van der Waals surface area contributed by atoms with Crippen LogP contribution in [0.5, 0.6) is 11.5 Å². The van der Waals surface area contributed by atoms with E-state index in [1.807, 2.05) is 25.1 Å². The predicted octanol–water partition coefficient (Wildman–Crippen LogP) is 2.50. The molecule has 5 heteroatoms. The van der Waals surface area contributed by atoms with Crippen LogP contribution in [0.4, 0.5) is 0 Å². The number of benzene rings is 1. The molecule has 1 aromatic rings. The Morgan fingerprint density at radius 3 is 2.83 bits per heavy atom. The number of methoxy groups -OCH3 is 1. The molecule has 1 rings (SSSR count). The molecule has 0 heterocycles. The molecule has 0 aromatic heterocycles. The first-order chi connectivity index (χ1) is 8.71. The molecule has 100 valence electrons. The molecule has 0 aliphatic carbocycles. The van der Waals surface area contributed by atoms with E-state index in [-0.39, 0.29) is 5.91 Å². The van der Waals surface area contributed by atoms with Crippen LogP contribution in [0, 0.1) is 0 Å². The van der Waals surface area contributed by atoms with Crippen LogP contribution in [0.2, 0.25) is 0 Å². The quantitative estimate of drug-likeness (QED) is 0.786. The number of rotatable bonds is 7. The standard InChI is InChI=1S/C13H18BrNO3/c1-3-6-18-12-7-11(17-2)5-4-10(12)9-15-13(16)8-14/h4-5,7H,3,6,8-9H2,1-2H3,(H,15,16). The van der Waals surface area contributed by atoms with Gasteiger partial charge >= 0.3 is 0 Å². The van der Waals surface area contributed by atoms with Gasteiger partial charge in [-0.2, -0.15) is 0 Å². The molecule has 0 fully saturated rings. The van der Waals surface area contributed by atoms with Gasteiger partial charge in [0.2, 0.25) is 5.91 Å². The molecule has 1 aromatic carbocycles. The van der Waals surface area contributed by atoms with Crippen molar-refractivity contribution in [2.75, 3.05) is 19.0 Å². The van der Waals surface area contributed by atoms with Crippen LogP contribution in [0.1, 0.15) is 18.9 Å². The van der Waals surface area contributed by atoms with Crippen molar-refractivity contribution in [3.63, 3.8) is 0 Å². The number of hydrogen-bond donors (Lipinski definition) is 1. The fourth-order valence-electron chi connectivity index (χ4n) is 1.40. The Bertz CT molecular complexity index is 396. The Morgan fingerprint density at radius 2 is 2.22 bits per heavy atom. The molecule has 0 aliphatic heterocycles. The maximum atomic E-state index is 11.2. The zero-order valence-electron chi connectivity index (χ0n) is 10.7. The minimum absolute atomic E-state index is 0.0488. The molecule has 0 bridgehead atoms. The number of amides is 1. The number of carbonyl (C=O) groups is 1. The number of halogens is 1. The van der Waals surface area contributed by atoms with Gasteiger partial charge in [0.15, 0.2) is 0 Å². The third kappa shape index (κ3) is 4.56. The largest absolute Gasteiger partial charge is 0.497 e. The average molecular weight is 316 g/mol. The molecule has 0 saturated carbocycles. The fourth-order valence-corrected chi connectivity index (χ4v) is 1.59. The van der Waals surface area contributed by atoms with E-state index in [1.165, 1.54) is 0 Å². The minimum Gasteiger partial charge on any atom is -0.497 e. The van der Waals surface area contributed by atoms with Crippen molar-refractivity contribution in [3.05, 3.63) is 23.8 Å². The van der Waals surface area contributed by atoms with Gasteiger partial charge in [0.05, 0.1) is 19.0 Å². The molecule has 0 aliphatic rings. The normalized spacial score (nSPS) is 9.94. The van der Waals surface area contributed by atoms with E-state index in [0.29, 0.717) is 18.5 Å².